The van der Waals surface area contributed by atoms with Crippen LogP contribution in [0.3, 0.4) is 0 Å². The van der Waals surface area contributed by atoms with Crippen LogP contribution in [-0.4, -0.2) is 24.5 Å². The second-order valence-corrected chi connectivity index (χ2v) is 6.96. The Kier molecular flexibility index (Phi) is 2.58. The number of hydrogen-bond acceptors (Lipinski definition) is 1. The molecule has 4 nitrogen and oxygen atoms in total. The first kappa shape index (κ1) is 13.8. The maximum atomic E-state index is 13.3. The number of H-pyrrole nitrogens is 1. The van der Waals surface area contributed by atoms with E-state index in [9.17, 15) is 4.79 Å². The number of amides is 1. The molecule has 0 radical (unpaired) electrons. The average Bonchev–Trinajstić information content (AvgIpc) is 3.07. The van der Waals surface area contributed by atoms with Gasteiger partial charge in [-0.25, -0.2) is 0 Å². The maximum absolute atomic E-state index is 13.3. The number of para-hydroxylation sites is 1. The highest BCUT2D eigenvalue weighted by Crippen LogP contribution is 2.44. The van der Waals surface area contributed by atoms with Crippen molar-refractivity contribution in [2.75, 3.05) is 18.5 Å². The summed E-state index contributed by atoms with van der Waals surface area (Å²) >= 11 is 0. The second-order valence-electron chi connectivity index (χ2n) is 6.96. The number of rotatable bonds is 0. The van der Waals surface area contributed by atoms with Crippen molar-refractivity contribution in [2.24, 2.45) is 0 Å². The summed E-state index contributed by atoms with van der Waals surface area (Å²) < 4.78 is 0. The minimum Gasteiger partial charge on any atom is -0.352 e. The number of nitrogens with two attached hydrogens (primary N) is 1. The lowest BCUT2D eigenvalue weighted by molar-refractivity contribution is -0.714. The number of aryl methyl sites for hydroxylation is 1. The molecule has 0 saturated heterocycles. The third kappa shape index (κ3) is 1.49. The summed E-state index contributed by atoms with van der Waals surface area (Å²) in [4.78, 5) is 18.7. The molecular formula is C20H20N3O+. The molecule has 24 heavy (non-hydrogen) atoms. The quantitative estimate of drug-likeness (QED) is 0.653. The SMILES string of the molecule is Cc1ccc2[nH]c3c(c2c1)CC[NH2+][C@@]31C(=O)N(C)c2ccccc21. The van der Waals surface area contributed by atoms with E-state index in [1.54, 1.807) is 4.90 Å². The maximum Gasteiger partial charge on any atom is 0.299 e. The molecule has 0 saturated carbocycles. The van der Waals surface area contributed by atoms with Gasteiger partial charge in [-0.2, -0.15) is 0 Å². The van der Waals surface area contributed by atoms with Crippen molar-refractivity contribution >= 4 is 22.5 Å². The predicted octanol–water partition coefficient (Wildman–Crippen LogP) is 1.82. The molecule has 2 aliphatic heterocycles. The second kappa shape index (κ2) is 4.48. The minimum absolute atomic E-state index is 0.146. The molecule has 120 valence electrons. The van der Waals surface area contributed by atoms with Crippen molar-refractivity contribution in [3.05, 3.63) is 64.8 Å². The van der Waals surface area contributed by atoms with Crippen LogP contribution in [0.4, 0.5) is 5.69 Å². The van der Waals surface area contributed by atoms with Crippen LogP contribution in [0.25, 0.3) is 10.9 Å². The van der Waals surface area contributed by atoms with Crippen LogP contribution in [0, 0.1) is 6.92 Å². The van der Waals surface area contributed by atoms with Crippen LogP contribution >= 0.6 is 0 Å². The molecule has 3 heterocycles. The van der Waals surface area contributed by atoms with E-state index in [0.29, 0.717) is 0 Å². The molecule has 0 fully saturated rings. The van der Waals surface area contributed by atoms with E-state index < -0.39 is 5.54 Å². The topological polar surface area (TPSA) is 52.7 Å². The number of benzene rings is 2. The molecule has 5 rings (SSSR count). The molecule has 4 heteroatoms. The lowest BCUT2D eigenvalue weighted by atomic mass is 9.82. The highest BCUT2D eigenvalue weighted by Gasteiger charge is 2.58. The summed E-state index contributed by atoms with van der Waals surface area (Å²) in [5, 5.41) is 3.47. The Hall–Kier alpha value is -2.59. The van der Waals surface area contributed by atoms with Crippen LogP contribution in [0.5, 0.6) is 0 Å². The Balaban J connectivity index is 1.87. The number of aromatic nitrogens is 1. The standard InChI is InChI=1S/C20H19N3O/c1-12-7-8-16-14(11-12)13-9-10-21-20(18(13)22-16)15-5-3-4-6-17(15)23(2)19(20)24/h3-8,11,21-22H,9-10H2,1-2H3/p+1/t20-/m1/s1. The molecule has 1 amide bonds. The zero-order valence-corrected chi connectivity index (χ0v) is 13.9. The summed E-state index contributed by atoms with van der Waals surface area (Å²) in [7, 11) is 1.88. The van der Waals surface area contributed by atoms with Crippen molar-refractivity contribution in [3.8, 4) is 0 Å². The normalized spacial score (nSPS) is 22.2. The van der Waals surface area contributed by atoms with Gasteiger partial charge in [0.1, 0.15) is 0 Å². The Morgan fingerprint density at radius 1 is 1.21 bits per heavy atom. The number of nitrogens with zero attached hydrogens (tertiary/aromatic N) is 1. The number of anilines is 1. The summed E-state index contributed by atoms with van der Waals surface area (Å²) in [5.41, 5.74) is 6.20. The van der Waals surface area contributed by atoms with Gasteiger partial charge in [0.05, 0.1) is 23.5 Å². The molecule has 1 atom stereocenters. The Labute approximate surface area is 140 Å². The van der Waals surface area contributed by atoms with E-state index in [1.807, 2.05) is 25.2 Å². The van der Waals surface area contributed by atoms with Gasteiger partial charge in [0.15, 0.2) is 0 Å². The van der Waals surface area contributed by atoms with Gasteiger partial charge in [0.25, 0.3) is 5.91 Å². The number of aromatic amines is 1. The van der Waals surface area contributed by atoms with Gasteiger partial charge in [0.2, 0.25) is 5.54 Å². The first-order chi connectivity index (χ1) is 11.6. The molecular weight excluding hydrogens is 298 g/mol. The van der Waals surface area contributed by atoms with Crippen LogP contribution in [-0.2, 0) is 16.8 Å². The number of hydrogen-bond donors (Lipinski definition) is 2. The number of quaternary nitrogens is 1. The fourth-order valence-corrected chi connectivity index (χ4v) is 4.52. The fraction of sp³-hybridized carbons (Fsp3) is 0.250. The van der Waals surface area contributed by atoms with E-state index in [4.69, 9.17) is 0 Å². The number of nitrogens with one attached hydrogen (secondary N) is 1. The lowest BCUT2D eigenvalue weighted by Gasteiger charge is -2.30. The Morgan fingerprint density at radius 2 is 2.04 bits per heavy atom. The molecule has 0 bridgehead atoms. The lowest BCUT2D eigenvalue weighted by Crippen LogP contribution is -2.99. The van der Waals surface area contributed by atoms with Gasteiger partial charge in [-0.1, -0.05) is 23.8 Å². The number of likely N-dealkylation sites (N-methyl/N-ethyl adjacent to an activating group) is 1. The highest BCUT2D eigenvalue weighted by molar-refractivity contribution is 6.09. The first-order valence-electron chi connectivity index (χ1n) is 8.46. The number of fused-ring (bicyclic) bond motifs is 6. The van der Waals surface area contributed by atoms with Crippen LogP contribution < -0.4 is 10.2 Å². The van der Waals surface area contributed by atoms with Crippen LogP contribution in [0.15, 0.2) is 42.5 Å². The van der Waals surface area contributed by atoms with E-state index in [0.717, 1.165) is 35.4 Å². The summed E-state index contributed by atoms with van der Waals surface area (Å²) in [5.74, 6) is 0.146. The average molecular weight is 318 g/mol. The Morgan fingerprint density at radius 3 is 2.92 bits per heavy atom. The highest BCUT2D eigenvalue weighted by atomic mass is 16.2. The van der Waals surface area contributed by atoms with Crippen molar-refractivity contribution in [3.63, 3.8) is 0 Å². The van der Waals surface area contributed by atoms with Crippen molar-refractivity contribution in [1.29, 1.82) is 0 Å². The molecule has 1 aromatic heterocycles. The van der Waals surface area contributed by atoms with Crippen molar-refractivity contribution < 1.29 is 10.1 Å². The van der Waals surface area contributed by atoms with Crippen LogP contribution in [0.2, 0.25) is 0 Å². The van der Waals surface area contributed by atoms with Gasteiger partial charge in [0, 0.05) is 24.4 Å². The van der Waals surface area contributed by atoms with E-state index >= 15 is 0 Å². The molecule has 3 N–H and O–H groups in total. The zero-order chi connectivity index (χ0) is 16.5. The van der Waals surface area contributed by atoms with Gasteiger partial charge in [-0.3, -0.25) is 4.79 Å². The van der Waals surface area contributed by atoms with E-state index in [2.05, 4.69) is 41.5 Å². The van der Waals surface area contributed by atoms with E-state index in [-0.39, 0.29) is 5.91 Å². The molecule has 1 spiro atoms. The molecule has 2 aromatic carbocycles. The summed E-state index contributed by atoms with van der Waals surface area (Å²) in [6.07, 6.45) is 0.986. The van der Waals surface area contributed by atoms with Crippen molar-refractivity contribution in [2.45, 2.75) is 18.9 Å². The molecule has 2 aliphatic rings. The van der Waals surface area contributed by atoms with Gasteiger partial charge < -0.3 is 15.2 Å². The minimum atomic E-state index is -0.661. The Bertz CT molecular complexity index is 1000. The number of carbonyl (C=O) groups excluding carboxylic acids is 1. The van der Waals surface area contributed by atoms with Gasteiger partial charge in [-0.05, 0) is 36.8 Å². The molecule has 0 unspecified atom stereocenters. The third-order valence-electron chi connectivity index (χ3n) is 5.63. The molecule has 3 aromatic rings. The predicted molar refractivity (Wildman–Crippen MR) is 94.2 cm³/mol. The number of carbonyl (C=O) groups is 1. The van der Waals surface area contributed by atoms with Gasteiger partial charge in [-0.15, -0.1) is 0 Å². The van der Waals surface area contributed by atoms with Crippen molar-refractivity contribution in [1.82, 2.24) is 4.98 Å². The zero-order valence-electron chi connectivity index (χ0n) is 13.9. The monoisotopic (exact) mass is 318 g/mol. The van der Waals surface area contributed by atoms with Crippen LogP contribution in [0.1, 0.15) is 22.4 Å². The van der Waals surface area contributed by atoms with Gasteiger partial charge >= 0.3 is 0 Å². The summed E-state index contributed by atoms with van der Waals surface area (Å²) in [6.45, 7) is 3.04. The summed E-state index contributed by atoms with van der Waals surface area (Å²) in [6, 6.07) is 14.7. The largest absolute Gasteiger partial charge is 0.352 e. The molecule has 0 aliphatic carbocycles. The van der Waals surface area contributed by atoms with E-state index in [1.165, 1.54) is 16.5 Å². The first-order valence-corrected chi connectivity index (χ1v) is 8.46. The third-order valence-corrected chi connectivity index (χ3v) is 5.63. The fourth-order valence-electron chi connectivity index (χ4n) is 4.52. The smallest absolute Gasteiger partial charge is 0.299 e.